The van der Waals surface area contributed by atoms with E-state index in [1.165, 1.54) is 5.56 Å². The van der Waals surface area contributed by atoms with E-state index in [9.17, 15) is 4.79 Å². The Kier molecular flexibility index (Phi) is 5.93. The number of nitrogens with zero attached hydrogens (tertiary/aromatic N) is 1. The number of rotatable bonds is 8. The van der Waals surface area contributed by atoms with E-state index in [-0.39, 0.29) is 12.5 Å². The van der Waals surface area contributed by atoms with Gasteiger partial charge in [0.05, 0.1) is 13.7 Å². The average Bonchev–Trinajstić information content (AvgIpc) is 3.13. The Morgan fingerprint density at radius 1 is 0.962 bits per heavy atom. The summed E-state index contributed by atoms with van der Waals surface area (Å²) in [7, 11) is 1.61. The van der Waals surface area contributed by atoms with Gasteiger partial charge in [0.2, 0.25) is 0 Å². The zero-order valence-electron chi connectivity index (χ0n) is 14.7. The zero-order valence-corrected chi connectivity index (χ0v) is 14.7. The maximum atomic E-state index is 12.0. The average molecular weight is 350 g/mol. The standard InChI is InChI=1S/C21H22N2O3/c1-25-19-9-11-20(12-10-19)26-16-21(24)22-14-18-8-5-13-23(18)15-17-6-3-2-4-7-17/h2-13H,14-16H2,1H3,(H,22,24). The van der Waals surface area contributed by atoms with Crippen LogP contribution in [0.3, 0.4) is 0 Å². The summed E-state index contributed by atoms with van der Waals surface area (Å²) in [5.74, 6) is 1.22. The molecule has 0 spiro atoms. The molecule has 0 saturated heterocycles. The third kappa shape index (κ3) is 4.89. The fraction of sp³-hybridized carbons (Fsp3) is 0.190. The number of carbonyl (C=O) groups is 1. The van der Waals surface area contributed by atoms with Crippen LogP contribution < -0.4 is 14.8 Å². The maximum absolute atomic E-state index is 12.0. The minimum Gasteiger partial charge on any atom is -0.497 e. The molecule has 134 valence electrons. The van der Waals surface area contributed by atoms with Gasteiger partial charge in [0.1, 0.15) is 11.5 Å². The summed E-state index contributed by atoms with van der Waals surface area (Å²) < 4.78 is 12.7. The number of carbonyl (C=O) groups excluding carboxylic acids is 1. The van der Waals surface area contributed by atoms with Gasteiger partial charge in [0, 0.05) is 18.4 Å². The smallest absolute Gasteiger partial charge is 0.258 e. The van der Waals surface area contributed by atoms with Gasteiger partial charge < -0.3 is 19.4 Å². The molecular formula is C21H22N2O3. The fourth-order valence-corrected chi connectivity index (χ4v) is 2.61. The number of methoxy groups -OCH3 is 1. The van der Waals surface area contributed by atoms with Crippen molar-refractivity contribution >= 4 is 5.91 Å². The second-order valence-electron chi connectivity index (χ2n) is 5.85. The Morgan fingerprint density at radius 2 is 1.69 bits per heavy atom. The molecule has 5 nitrogen and oxygen atoms in total. The SMILES string of the molecule is COc1ccc(OCC(=O)NCc2cccn2Cc2ccccc2)cc1. The Bertz CT molecular complexity index is 826. The molecule has 0 radical (unpaired) electrons. The molecule has 1 N–H and O–H groups in total. The molecule has 1 heterocycles. The number of amides is 1. The Hall–Kier alpha value is -3.21. The number of benzene rings is 2. The highest BCUT2D eigenvalue weighted by Gasteiger charge is 2.06. The van der Waals surface area contributed by atoms with Gasteiger partial charge in [-0.15, -0.1) is 0 Å². The van der Waals surface area contributed by atoms with E-state index in [0.717, 1.165) is 18.0 Å². The number of aromatic nitrogens is 1. The fourth-order valence-electron chi connectivity index (χ4n) is 2.61. The van der Waals surface area contributed by atoms with Gasteiger partial charge in [-0.1, -0.05) is 30.3 Å². The van der Waals surface area contributed by atoms with Crippen LogP contribution in [0.25, 0.3) is 0 Å². The van der Waals surface area contributed by atoms with Gasteiger partial charge >= 0.3 is 0 Å². The lowest BCUT2D eigenvalue weighted by Crippen LogP contribution is -2.29. The first kappa shape index (κ1) is 17.6. The summed E-state index contributed by atoms with van der Waals surface area (Å²) >= 11 is 0. The molecule has 26 heavy (non-hydrogen) atoms. The van der Waals surface area contributed by atoms with Crippen LogP contribution in [0.1, 0.15) is 11.3 Å². The molecule has 0 atom stereocenters. The summed E-state index contributed by atoms with van der Waals surface area (Å²) in [5, 5.41) is 2.89. The maximum Gasteiger partial charge on any atom is 0.258 e. The molecule has 0 fully saturated rings. The quantitative estimate of drug-likeness (QED) is 0.679. The van der Waals surface area contributed by atoms with Gasteiger partial charge in [-0.25, -0.2) is 0 Å². The molecule has 2 aromatic carbocycles. The van der Waals surface area contributed by atoms with E-state index in [0.29, 0.717) is 12.3 Å². The topological polar surface area (TPSA) is 52.5 Å². The highest BCUT2D eigenvalue weighted by atomic mass is 16.5. The molecule has 0 saturated carbocycles. The van der Waals surface area contributed by atoms with Crippen molar-refractivity contribution in [2.24, 2.45) is 0 Å². The number of nitrogens with one attached hydrogen (secondary N) is 1. The van der Waals surface area contributed by atoms with Gasteiger partial charge in [-0.05, 0) is 42.0 Å². The van der Waals surface area contributed by atoms with E-state index in [2.05, 4.69) is 22.0 Å². The number of hydrogen-bond acceptors (Lipinski definition) is 3. The molecule has 0 aliphatic carbocycles. The van der Waals surface area contributed by atoms with Gasteiger partial charge in [-0.3, -0.25) is 4.79 Å². The first-order valence-electron chi connectivity index (χ1n) is 8.46. The molecular weight excluding hydrogens is 328 g/mol. The highest BCUT2D eigenvalue weighted by Crippen LogP contribution is 2.16. The van der Waals surface area contributed by atoms with Crippen molar-refractivity contribution < 1.29 is 14.3 Å². The van der Waals surface area contributed by atoms with Crippen LogP contribution in [-0.4, -0.2) is 24.2 Å². The number of ether oxygens (including phenoxy) is 2. The summed E-state index contributed by atoms with van der Waals surface area (Å²) in [4.78, 5) is 12.0. The second kappa shape index (κ2) is 8.76. The summed E-state index contributed by atoms with van der Waals surface area (Å²) in [6.07, 6.45) is 2.02. The van der Waals surface area contributed by atoms with Crippen molar-refractivity contribution in [1.82, 2.24) is 9.88 Å². The first-order valence-corrected chi connectivity index (χ1v) is 8.46. The minimum atomic E-state index is -0.159. The van der Waals surface area contributed by atoms with E-state index in [1.54, 1.807) is 31.4 Å². The molecule has 0 aliphatic rings. The molecule has 3 rings (SSSR count). The van der Waals surface area contributed by atoms with Crippen molar-refractivity contribution in [3.63, 3.8) is 0 Å². The molecule has 0 unspecified atom stereocenters. The van der Waals surface area contributed by atoms with Crippen LogP contribution in [0.2, 0.25) is 0 Å². The normalized spacial score (nSPS) is 10.3. The van der Waals surface area contributed by atoms with Crippen LogP contribution in [0.4, 0.5) is 0 Å². The van der Waals surface area contributed by atoms with Crippen LogP contribution in [0.5, 0.6) is 11.5 Å². The molecule has 0 aliphatic heterocycles. The monoisotopic (exact) mass is 350 g/mol. The predicted molar refractivity (Wildman–Crippen MR) is 100 cm³/mol. The number of hydrogen-bond donors (Lipinski definition) is 1. The largest absolute Gasteiger partial charge is 0.497 e. The lowest BCUT2D eigenvalue weighted by molar-refractivity contribution is -0.123. The predicted octanol–water partition coefficient (Wildman–Crippen LogP) is 3.24. The highest BCUT2D eigenvalue weighted by molar-refractivity contribution is 5.77. The van der Waals surface area contributed by atoms with Crippen molar-refractivity contribution in [3.05, 3.63) is 84.2 Å². The summed E-state index contributed by atoms with van der Waals surface area (Å²) in [5.41, 5.74) is 2.27. The lowest BCUT2D eigenvalue weighted by Gasteiger charge is -2.11. The molecule has 0 bridgehead atoms. The third-order valence-electron chi connectivity index (χ3n) is 4.02. The Morgan fingerprint density at radius 3 is 2.42 bits per heavy atom. The zero-order chi connectivity index (χ0) is 18.2. The molecule has 5 heteroatoms. The van der Waals surface area contributed by atoms with Crippen molar-refractivity contribution in [1.29, 1.82) is 0 Å². The minimum absolute atomic E-state index is 0.0221. The van der Waals surface area contributed by atoms with Crippen molar-refractivity contribution in [2.75, 3.05) is 13.7 Å². The summed E-state index contributed by atoms with van der Waals surface area (Å²) in [6.45, 7) is 1.22. The van der Waals surface area contributed by atoms with Gasteiger partial charge in [0.25, 0.3) is 5.91 Å². The van der Waals surface area contributed by atoms with Crippen LogP contribution >= 0.6 is 0 Å². The van der Waals surface area contributed by atoms with Crippen LogP contribution in [0, 0.1) is 0 Å². The Labute approximate surface area is 153 Å². The van der Waals surface area contributed by atoms with Gasteiger partial charge in [0.15, 0.2) is 6.61 Å². The molecule has 1 amide bonds. The van der Waals surface area contributed by atoms with Crippen LogP contribution in [-0.2, 0) is 17.9 Å². The first-order chi connectivity index (χ1) is 12.7. The second-order valence-corrected chi connectivity index (χ2v) is 5.85. The summed E-state index contributed by atoms with van der Waals surface area (Å²) in [6, 6.07) is 21.4. The van der Waals surface area contributed by atoms with E-state index < -0.39 is 0 Å². The third-order valence-corrected chi connectivity index (χ3v) is 4.02. The van der Waals surface area contributed by atoms with E-state index in [1.807, 2.05) is 36.5 Å². The van der Waals surface area contributed by atoms with Crippen molar-refractivity contribution in [2.45, 2.75) is 13.1 Å². The molecule has 3 aromatic rings. The van der Waals surface area contributed by atoms with Crippen molar-refractivity contribution in [3.8, 4) is 11.5 Å². The van der Waals surface area contributed by atoms with Crippen LogP contribution in [0.15, 0.2) is 72.9 Å². The van der Waals surface area contributed by atoms with E-state index in [4.69, 9.17) is 9.47 Å². The molecule has 1 aromatic heterocycles. The Balaban J connectivity index is 1.48. The van der Waals surface area contributed by atoms with E-state index >= 15 is 0 Å². The van der Waals surface area contributed by atoms with Gasteiger partial charge in [-0.2, -0.15) is 0 Å². The lowest BCUT2D eigenvalue weighted by atomic mass is 10.2.